The van der Waals surface area contributed by atoms with Crippen LogP contribution < -0.4 is 0 Å². The molecule has 0 atom stereocenters. The highest BCUT2D eigenvalue weighted by molar-refractivity contribution is 5.09. The Labute approximate surface area is 75.1 Å². The summed E-state index contributed by atoms with van der Waals surface area (Å²) < 4.78 is 0. The number of hydrogen-bond donors (Lipinski definition) is 1. The van der Waals surface area contributed by atoms with Gasteiger partial charge in [-0.15, -0.1) is 0 Å². The van der Waals surface area contributed by atoms with E-state index in [-0.39, 0.29) is 6.61 Å². The maximum atomic E-state index is 8.70. The van der Waals surface area contributed by atoms with Gasteiger partial charge in [-0.2, -0.15) is 0 Å². The second-order valence-electron chi connectivity index (χ2n) is 3.00. The molecule has 0 saturated carbocycles. The summed E-state index contributed by atoms with van der Waals surface area (Å²) >= 11 is 0. The Hall–Kier alpha value is -0.820. The van der Waals surface area contributed by atoms with E-state index in [1.807, 2.05) is 13.0 Å². The monoisotopic (exact) mass is 166 g/mol. The highest BCUT2D eigenvalue weighted by atomic mass is 16.3. The first-order valence-electron chi connectivity index (χ1n) is 4.25. The van der Waals surface area contributed by atoms with Crippen molar-refractivity contribution in [3.8, 4) is 0 Å². The van der Waals surface area contributed by atoms with Crippen LogP contribution in [0.25, 0.3) is 0 Å². The van der Waals surface area contributed by atoms with Crippen LogP contribution in [0.3, 0.4) is 0 Å². The maximum absolute atomic E-state index is 8.70. The fraction of sp³-hybridized carbons (Fsp3) is 0.455. The highest BCUT2D eigenvalue weighted by Gasteiger charge is 1.88. The summed E-state index contributed by atoms with van der Waals surface area (Å²) in [6, 6.07) is 0. The standard InChI is InChI=1S/C11H18O/c1-4-6-10(2)7-5-8-11(3)9-12/h4,6,8,12H,1,5,7,9H2,2-3H3/b10-6+,11-8+. The number of rotatable bonds is 5. The molecule has 0 heterocycles. The van der Waals surface area contributed by atoms with Crippen LogP contribution in [0, 0.1) is 0 Å². The van der Waals surface area contributed by atoms with E-state index in [2.05, 4.69) is 19.6 Å². The predicted molar refractivity (Wildman–Crippen MR) is 54.0 cm³/mol. The Bertz CT molecular complexity index is 187. The smallest absolute Gasteiger partial charge is 0.0639 e. The van der Waals surface area contributed by atoms with Gasteiger partial charge in [-0.25, -0.2) is 0 Å². The van der Waals surface area contributed by atoms with Crippen LogP contribution in [0.2, 0.25) is 0 Å². The molecular weight excluding hydrogens is 148 g/mol. The zero-order valence-electron chi connectivity index (χ0n) is 8.01. The van der Waals surface area contributed by atoms with Crippen molar-refractivity contribution in [1.29, 1.82) is 0 Å². The van der Waals surface area contributed by atoms with Crippen molar-refractivity contribution < 1.29 is 5.11 Å². The van der Waals surface area contributed by atoms with Crippen molar-refractivity contribution in [2.45, 2.75) is 26.7 Å². The van der Waals surface area contributed by atoms with E-state index in [4.69, 9.17) is 5.11 Å². The summed E-state index contributed by atoms with van der Waals surface area (Å²) in [5, 5.41) is 8.70. The van der Waals surface area contributed by atoms with Crippen LogP contribution in [0.5, 0.6) is 0 Å². The van der Waals surface area contributed by atoms with E-state index in [0.29, 0.717) is 0 Å². The van der Waals surface area contributed by atoms with Gasteiger partial charge in [-0.1, -0.05) is 36.0 Å². The average Bonchev–Trinajstić information content (AvgIpc) is 2.04. The van der Waals surface area contributed by atoms with Crippen LogP contribution in [0.1, 0.15) is 26.7 Å². The van der Waals surface area contributed by atoms with E-state index >= 15 is 0 Å². The molecule has 68 valence electrons. The molecule has 0 aliphatic rings. The van der Waals surface area contributed by atoms with E-state index < -0.39 is 0 Å². The van der Waals surface area contributed by atoms with Crippen molar-refractivity contribution in [3.63, 3.8) is 0 Å². The van der Waals surface area contributed by atoms with Crippen molar-refractivity contribution in [3.05, 3.63) is 36.0 Å². The molecule has 0 radical (unpaired) electrons. The zero-order valence-corrected chi connectivity index (χ0v) is 8.01. The molecule has 0 unspecified atom stereocenters. The predicted octanol–water partition coefficient (Wildman–Crippen LogP) is 2.84. The van der Waals surface area contributed by atoms with E-state index in [1.165, 1.54) is 5.57 Å². The summed E-state index contributed by atoms with van der Waals surface area (Å²) in [7, 11) is 0. The largest absolute Gasteiger partial charge is 0.392 e. The molecular formula is C11H18O. The highest BCUT2D eigenvalue weighted by Crippen LogP contribution is 2.06. The first-order chi connectivity index (χ1) is 5.70. The molecule has 0 aliphatic heterocycles. The SMILES string of the molecule is C=C/C=C(\C)CC/C=C(\C)CO. The molecule has 0 aliphatic carbocycles. The number of aliphatic hydroxyl groups excluding tert-OH is 1. The van der Waals surface area contributed by atoms with Crippen molar-refractivity contribution >= 4 is 0 Å². The van der Waals surface area contributed by atoms with Crippen molar-refractivity contribution in [1.82, 2.24) is 0 Å². The van der Waals surface area contributed by atoms with Gasteiger partial charge in [-0.05, 0) is 26.7 Å². The molecule has 1 heteroatoms. The second-order valence-corrected chi connectivity index (χ2v) is 3.00. The molecule has 0 saturated heterocycles. The topological polar surface area (TPSA) is 20.2 Å². The first kappa shape index (κ1) is 11.2. The van der Waals surface area contributed by atoms with Crippen LogP contribution in [-0.4, -0.2) is 11.7 Å². The molecule has 0 bridgehead atoms. The Morgan fingerprint density at radius 2 is 2.00 bits per heavy atom. The molecule has 0 fully saturated rings. The Morgan fingerprint density at radius 1 is 1.33 bits per heavy atom. The molecule has 0 rings (SSSR count). The van der Waals surface area contributed by atoms with Gasteiger partial charge in [0.2, 0.25) is 0 Å². The van der Waals surface area contributed by atoms with Gasteiger partial charge in [0.05, 0.1) is 6.61 Å². The number of aliphatic hydroxyl groups is 1. The maximum Gasteiger partial charge on any atom is 0.0639 e. The third kappa shape index (κ3) is 5.93. The lowest BCUT2D eigenvalue weighted by Crippen LogP contribution is -1.84. The lowest BCUT2D eigenvalue weighted by atomic mass is 10.1. The Kier molecular flexibility index (Phi) is 6.39. The Morgan fingerprint density at radius 3 is 2.50 bits per heavy atom. The molecule has 0 aromatic rings. The Balaban J connectivity index is 3.69. The average molecular weight is 166 g/mol. The number of allylic oxidation sites excluding steroid dienone is 4. The van der Waals surface area contributed by atoms with Crippen LogP contribution in [0.4, 0.5) is 0 Å². The summed E-state index contributed by atoms with van der Waals surface area (Å²) in [5.74, 6) is 0. The van der Waals surface area contributed by atoms with E-state index in [0.717, 1.165) is 18.4 Å². The quantitative estimate of drug-likeness (QED) is 0.492. The van der Waals surface area contributed by atoms with Crippen LogP contribution in [-0.2, 0) is 0 Å². The third-order valence-corrected chi connectivity index (χ3v) is 1.68. The summed E-state index contributed by atoms with van der Waals surface area (Å²) in [4.78, 5) is 0. The number of hydrogen-bond acceptors (Lipinski definition) is 1. The zero-order chi connectivity index (χ0) is 9.40. The lowest BCUT2D eigenvalue weighted by Gasteiger charge is -1.97. The van der Waals surface area contributed by atoms with Crippen molar-refractivity contribution in [2.24, 2.45) is 0 Å². The molecule has 0 spiro atoms. The fourth-order valence-electron chi connectivity index (χ4n) is 0.895. The lowest BCUT2D eigenvalue weighted by molar-refractivity contribution is 0.331. The normalized spacial score (nSPS) is 13.2. The molecule has 1 nitrogen and oxygen atoms in total. The third-order valence-electron chi connectivity index (χ3n) is 1.68. The first-order valence-corrected chi connectivity index (χ1v) is 4.25. The van der Waals surface area contributed by atoms with Crippen LogP contribution in [0.15, 0.2) is 36.0 Å². The van der Waals surface area contributed by atoms with Gasteiger partial charge < -0.3 is 5.11 Å². The van der Waals surface area contributed by atoms with Gasteiger partial charge in [0.25, 0.3) is 0 Å². The summed E-state index contributed by atoms with van der Waals surface area (Å²) in [6.45, 7) is 7.82. The van der Waals surface area contributed by atoms with Crippen molar-refractivity contribution in [2.75, 3.05) is 6.61 Å². The molecule has 0 aromatic heterocycles. The van der Waals surface area contributed by atoms with Gasteiger partial charge in [0.1, 0.15) is 0 Å². The molecule has 0 aromatic carbocycles. The molecule has 12 heavy (non-hydrogen) atoms. The minimum absolute atomic E-state index is 0.171. The van der Waals surface area contributed by atoms with E-state index in [9.17, 15) is 0 Å². The van der Waals surface area contributed by atoms with E-state index in [1.54, 1.807) is 6.08 Å². The van der Waals surface area contributed by atoms with Gasteiger partial charge in [0.15, 0.2) is 0 Å². The van der Waals surface area contributed by atoms with Gasteiger partial charge in [0, 0.05) is 0 Å². The minimum Gasteiger partial charge on any atom is -0.392 e. The van der Waals surface area contributed by atoms with Gasteiger partial charge in [-0.3, -0.25) is 0 Å². The minimum atomic E-state index is 0.171. The fourth-order valence-corrected chi connectivity index (χ4v) is 0.895. The van der Waals surface area contributed by atoms with Crippen LogP contribution >= 0.6 is 0 Å². The molecule has 0 amide bonds. The second kappa shape index (κ2) is 6.86. The summed E-state index contributed by atoms with van der Waals surface area (Å²) in [6.07, 6.45) is 7.94. The molecule has 1 N–H and O–H groups in total. The summed E-state index contributed by atoms with van der Waals surface area (Å²) in [5.41, 5.74) is 2.37. The van der Waals surface area contributed by atoms with Gasteiger partial charge >= 0.3 is 0 Å².